The summed E-state index contributed by atoms with van der Waals surface area (Å²) < 4.78 is 25.8. The van der Waals surface area contributed by atoms with Crippen LogP contribution in [0.1, 0.15) is 4.88 Å². The maximum absolute atomic E-state index is 12.3. The first-order valence-electron chi connectivity index (χ1n) is 5.10. The Balaban J connectivity index is 2.29. The van der Waals surface area contributed by atoms with Crippen molar-refractivity contribution in [3.63, 3.8) is 0 Å². The van der Waals surface area contributed by atoms with Crippen LogP contribution >= 0.6 is 22.9 Å². The molecule has 0 unspecified atom stereocenters. The summed E-state index contributed by atoms with van der Waals surface area (Å²) in [6.45, 7) is 0.325. The molecule has 0 aromatic carbocycles. The Hall–Kier alpha value is -0.950. The smallest absolute Gasteiger partial charge is 0.246 e. The molecule has 96 valence electrons. The Kier molecular flexibility index (Phi) is 4.01. The molecule has 18 heavy (non-hydrogen) atoms. The number of hydrogen-bond donors (Lipinski definition) is 0. The van der Waals surface area contributed by atoms with Crippen molar-refractivity contribution in [1.82, 2.24) is 9.29 Å². The van der Waals surface area contributed by atoms with E-state index < -0.39 is 10.0 Å². The number of hydrogen-bond acceptors (Lipinski definition) is 4. The van der Waals surface area contributed by atoms with Crippen LogP contribution in [0.4, 0.5) is 0 Å². The lowest BCUT2D eigenvalue weighted by molar-refractivity contribution is 0.469. The van der Waals surface area contributed by atoms with Crippen LogP contribution in [-0.4, -0.2) is 24.8 Å². The van der Waals surface area contributed by atoms with Crippen molar-refractivity contribution in [2.75, 3.05) is 7.05 Å². The van der Waals surface area contributed by atoms with Crippen LogP contribution in [0.3, 0.4) is 0 Å². The van der Waals surface area contributed by atoms with Crippen molar-refractivity contribution in [2.45, 2.75) is 11.4 Å². The van der Waals surface area contributed by atoms with Crippen LogP contribution in [0.15, 0.2) is 40.9 Å². The van der Waals surface area contributed by atoms with Crippen LogP contribution in [-0.2, 0) is 16.6 Å². The molecule has 0 N–H and O–H groups in total. The lowest BCUT2D eigenvalue weighted by Gasteiger charge is -2.16. The summed E-state index contributed by atoms with van der Waals surface area (Å²) in [5.41, 5.74) is 0. The number of halogens is 1. The van der Waals surface area contributed by atoms with E-state index >= 15 is 0 Å². The topological polar surface area (TPSA) is 50.3 Å². The maximum Gasteiger partial charge on any atom is 0.246 e. The first kappa shape index (κ1) is 13.5. The fraction of sp³-hybridized carbons (Fsp3) is 0.182. The van der Waals surface area contributed by atoms with Crippen LogP contribution in [0, 0.1) is 0 Å². The van der Waals surface area contributed by atoms with Gasteiger partial charge in [0.15, 0.2) is 0 Å². The molecule has 0 aliphatic rings. The number of rotatable bonds is 4. The van der Waals surface area contributed by atoms with E-state index in [1.54, 1.807) is 0 Å². The maximum atomic E-state index is 12.3. The Morgan fingerprint density at radius 3 is 2.83 bits per heavy atom. The molecule has 2 rings (SSSR count). The molecule has 2 aromatic rings. The molecule has 0 atom stereocenters. The summed E-state index contributed by atoms with van der Waals surface area (Å²) in [5, 5.41) is 2.09. The second kappa shape index (κ2) is 5.36. The van der Waals surface area contributed by atoms with E-state index in [-0.39, 0.29) is 9.92 Å². The van der Waals surface area contributed by atoms with Gasteiger partial charge in [0.25, 0.3) is 0 Å². The molecule has 0 saturated carbocycles. The highest BCUT2D eigenvalue weighted by Gasteiger charge is 2.24. The van der Waals surface area contributed by atoms with Crippen molar-refractivity contribution in [1.29, 1.82) is 0 Å². The van der Waals surface area contributed by atoms with Crippen LogP contribution in [0.25, 0.3) is 0 Å². The lowest BCUT2D eigenvalue weighted by atomic mass is 10.5. The number of nitrogens with zero attached hydrogens (tertiary/aromatic N) is 2. The lowest BCUT2D eigenvalue weighted by Crippen LogP contribution is -2.26. The summed E-state index contributed by atoms with van der Waals surface area (Å²) in [6, 6.07) is 5.24. The largest absolute Gasteiger partial charge is 0.263 e. The first-order valence-corrected chi connectivity index (χ1v) is 7.80. The highest BCUT2D eigenvalue weighted by molar-refractivity contribution is 7.89. The Morgan fingerprint density at radius 1 is 1.44 bits per heavy atom. The molecule has 0 aliphatic carbocycles. The van der Waals surface area contributed by atoms with Gasteiger partial charge < -0.3 is 0 Å². The normalized spacial score (nSPS) is 11.9. The van der Waals surface area contributed by atoms with E-state index in [9.17, 15) is 8.42 Å². The van der Waals surface area contributed by atoms with Gasteiger partial charge in [-0.3, -0.25) is 4.98 Å². The zero-order chi connectivity index (χ0) is 13.2. The highest BCUT2D eigenvalue weighted by Crippen LogP contribution is 2.24. The molecule has 0 saturated heterocycles. The molecular formula is C11H11ClN2O2S2. The fourth-order valence-corrected chi connectivity index (χ4v) is 3.82. The molecule has 0 aliphatic heterocycles. The monoisotopic (exact) mass is 302 g/mol. The number of sulfonamides is 1. The highest BCUT2D eigenvalue weighted by atomic mass is 35.5. The van der Waals surface area contributed by atoms with Crippen molar-refractivity contribution in [2.24, 2.45) is 0 Å². The zero-order valence-corrected chi connectivity index (χ0v) is 12.0. The summed E-state index contributed by atoms with van der Waals surface area (Å²) in [5.74, 6) is 0. The summed E-state index contributed by atoms with van der Waals surface area (Å²) in [7, 11) is -2.07. The fourth-order valence-electron chi connectivity index (χ4n) is 1.43. The molecule has 0 bridgehead atoms. The van der Waals surface area contributed by atoms with E-state index in [1.807, 2.05) is 17.5 Å². The predicted octanol–water partition coefficient (Wildman–Crippen LogP) is 2.62. The third-order valence-corrected chi connectivity index (χ3v) is 5.51. The van der Waals surface area contributed by atoms with Gasteiger partial charge in [-0.1, -0.05) is 17.7 Å². The zero-order valence-electron chi connectivity index (χ0n) is 9.58. The average Bonchev–Trinajstić information content (AvgIpc) is 2.82. The Morgan fingerprint density at radius 2 is 2.22 bits per heavy atom. The van der Waals surface area contributed by atoms with Gasteiger partial charge in [-0.25, -0.2) is 8.42 Å². The molecule has 4 nitrogen and oxygen atoms in total. The quantitative estimate of drug-likeness (QED) is 0.872. The summed E-state index contributed by atoms with van der Waals surface area (Å²) in [4.78, 5) is 4.81. The van der Waals surface area contributed by atoms with Gasteiger partial charge in [0, 0.05) is 30.9 Å². The number of pyridine rings is 1. The van der Waals surface area contributed by atoms with Crippen molar-refractivity contribution in [3.05, 3.63) is 45.9 Å². The van der Waals surface area contributed by atoms with Crippen molar-refractivity contribution in [3.8, 4) is 0 Å². The molecule has 0 amide bonds. The van der Waals surface area contributed by atoms with Gasteiger partial charge in [-0.05, 0) is 17.5 Å². The van der Waals surface area contributed by atoms with Crippen LogP contribution in [0.2, 0.25) is 5.02 Å². The number of thiophene rings is 1. The second-order valence-corrected chi connectivity index (χ2v) is 7.10. The molecule has 2 heterocycles. The first-order chi connectivity index (χ1) is 8.51. The molecule has 7 heteroatoms. The summed E-state index contributed by atoms with van der Waals surface area (Å²) in [6.07, 6.45) is 2.73. The van der Waals surface area contributed by atoms with Gasteiger partial charge in [-0.2, -0.15) is 4.31 Å². The van der Waals surface area contributed by atoms with Crippen LogP contribution in [0.5, 0.6) is 0 Å². The minimum absolute atomic E-state index is 0.0331. The Labute approximate surface area is 115 Å². The van der Waals surface area contributed by atoms with Crippen LogP contribution < -0.4 is 0 Å². The van der Waals surface area contributed by atoms with Gasteiger partial charge in [-0.15, -0.1) is 11.3 Å². The van der Waals surface area contributed by atoms with E-state index in [4.69, 9.17) is 11.6 Å². The van der Waals surface area contributed by atoms with E-state index in [2.05, 4.69) is 4.98 Å². The SMILES string of the molecule is CN(Cc1cccs1)S(=O)(=O)c1cnccc1Cl. The van der Waals surface area contributed by atoms with Gasteiger partial charge >= 0.3 is 0 Å². The third kappa shape index (κ3) is 2.72. The van der Waals surface area contributed by atoms with E-state index in [1.165, 1.54) is 41.1 Å². The second-order valence-electron chi connectivity index (χ2n) is 3.65. The minimum atomic E-state index is -3.60. The molecule has 0 spiro atoms. The number of aromatic nitrogens is 1. The van der Waals surface area contributed by atoms with Crippen molar-refractivity contribution < 1.29 is 8.42 Å². The molecule has 0 radical (unpaired) electrons. The third-order valence-electron chi connectivity index (χ3n) is 2.38. The molecule has 0 fully saturated rings. The average molecular weight is 303 g/mol. The molecular weight excluding hydrogens is 292 g/mol. The Bertz CT molecular complexity index is 626. The standard InChI is InChI=1S/C11H11ClN2O2S2/c1-14(8-9-3-2-6-17-9)18(15,16)11-7-13-5-4-10(11)12/h2-7H,8H2,1H3. The van der Waals surface area contributed by atoms with Gasteiger partial charge in [0.05, 0.1) is 5.02 Å². The van der Waals surface area contributed by atoms with Gasteiger partial charge in [0.1, 0.15) is 4.90 Å². The van der Waals surface area contributed by atoms with Gasteiger partial charge in [0.2, 0.25) is 10.0 Å². The summed E-state index contributed by atoms with van der Waals surface area (Å²) >= 11 is 7.40. The molecule has 2 aromatic heterocycles. The minimum Gasteiger partial charge on any atom is -0.263 e. The van der Waals surface area contributed by atoms with E-state index in [0.717, 1.165) is 4.88 Å². The van der Waals surface area contributed by atoms with E-state index in [0.29, 0.717) is 6.54 Å². The van der Waals surface area contributed by atoms with Crippen molar-refractivity contribution >= 4 is 33.0 Å². The predicted molar refractivity (Wildman–Crippen MR) is 72.2 cm³/mol.